The molecule has 0 saturated carbocycles. The zero-order valence-electron chi connectivity index (χ0n) is 21.7. The summed E-state index contributed by atoms with van der Waals surface area (Å²) < 4.78 is 12.2. The molecule has 2 saturated heterocycles. The van der Waals surface area contributed by atoms with E-state index in [0.29, 0.717) is 37.7 Å². The van der Waals surface area contributed by atoms with Crippen molar-refractivity contribution in [3.8, 4) is 17.8 Å². The first-order valence-corrected chi connectivity index (χ1v) is 13.8. The zero-order chi connectivity index (χ0) is 25.2. The SMILES string of the molecule is CN1CCC[C@H]1COc1nc2c(c(N3CCN[C@@H](CC#N)C3)n1)CCC(N1CCOc3ccccc31)C2. The maximum atomic E-state index is 9.26. The molecule has 1 N–H and O–H groups in total. The number of nitriles is 1. The average molecular weight is 504 g/mol. The summed E-state index contributed by atoms with van der Waals surface area (Å²) in [6, 6.07) is 12.1. The number of likely N-dealkylation sites (tertiary alicyclic amines) is 1. The van der Waals surface area contributed by atoms with Crippen molar-refractivity contribution in [1.29, 1.82) is 5.26 Å². The van der Waals surface area contributed by atoms with Gasteiger partial charge in [-0.3, -0.25) is 0 Å². The summed E-state index contributed by atoms with van der Waals surface area (Å²) in [6.07, 6.45) is 5.73. The van der Waals surface area contributed by atoms with Crippen molar-refractivity contribution in [2.75, 3.05) is 62.8 Å². The van der Waals surface area contributed by atoms with Gasteiger partial charge in [0, 0.05) is 49.7 Å². The van der Waals surface area contributed by atoms with Crippen molar-refractivity contribution in [3.05, 3.63) is 35.5 Å². The average Bonchev–Trinajstić information content (AvgIpc) is 3.35. The molecule has 1 unspecified atom stereocenters. The standard InChI is InChI=1S/C28H37N7O2/c1-33-13-4-5-22(33)19-37-28-31-24-17-21(35-15-16-36-26-7-3-2-6-25(26)35)8-9-23(24)27(32-28)34-14-12-30-20(18-34)10-11-29/h2-3,6-7,20-22,30H,4-5,8-10,12-19H2,1H3/t20-,21?,22-/m0/s1. The summed E-state index contributed by atoms with van der Waals surface area (Å²) in [5.74, 6) is 1.97. The Kier molecular flexibility index (Phi) is 7.03. The fourth-order valence-electron chi connectivity index (χ4n) is 6.34. The fraction of sp³-hybridized carbons (Fsp3) is 0.607. The lowest BCUT2D eigenvalue weighted by Crippen LogP contribution is -2.51. The lowest BCUT2D eigenvalue weighted by Gasteiger charge is -2.41. The van der Waals surface area contributed by atoms with Crippen LogP contribution in [0, 0.1) is 11.3 Å². The molecule has 0 amide bonds. The van der Waals surface area contributed by atoms with Crippen molar-refractivity contribution in [3.63, 3.8) is 0 Å². The van der Waals surface area contributed by atoms with Crippen LogP contribution in [-0.4, -0.2) is 86.0 Å². The highest BCUT2D eigenvalue weighted by atomic mass is 16.5. The summed E-state index contributed by atoms with van der Waals surface area (Å²) >= 11 is 0. The summed E-state index contributed by atoms with van der Waals surface area (Å²) in [7, 11) is 2.17. The van der Waals surface area contributed by atoms with E-state index in [9.17, 15) is 5.26 Å². The Morgan fingerprint density at radius 2 is 2.11 bits per heavy atom. The van der Waals surface area contributed by atoms with Crippen LogP contribution in [0.3, 0.4) is 0 Å². The molecule has 0 bridgehead atoms. The van der Waals surface area contributed by atoms with Gasteiger partial charge >= 0.3 is 6.01 Å². The Morgan fingerprint density at radius 1 is 1.19 bits per heavy atom. The van der Waals surface area contributed by atoms with E-state index in [1.54, 1.807) is 0 Å². The highest BCUT2D eigenvalue weighted by Gasteiger charge is 2.33. The Morgan fingerprint density at radius 3 is 2.97 bits per heavy atom. The van der Waals surface area contributed by atoms with Crippen molar-refractivity contribution in [1.82, 2.24) is 20.2 Å². The van der Waals surface area contributed by atoms with E-state index in [1.165, 1.54) is 17.7 Å². The second-order valence-corrected chi connectivity index (χ2v) is 10.7. The molecular weight excluding hydrogens is 466 g/mol. The number of fused-ring (bicyclic) bond motifs is 2. The maximum absolute atomic E-state index is 9.26. The van der Waals surface area contributed by atoms with Crippen LogP contribution in [0.1, 0.15) is 36.9 Å². The number of hydrogen-bond acceptors (Lipinski definition) is 9. The molecule has 196 valence electrons. The van der Waals surface area contributed by atoms with Gasteiger partial charge in [0.1, 0.15) is 24.8 Å². The van der Waals surface area contributed by atoms with Gasteiger partial charge in [-0.25, -0.2) is 0 Å². The first-order valence-electron chi connectivity index (χ1n) is 13.8. The van der Waals surface area contributed by atoms with Gasteiger partial charge in [0.05, 0.1) is 30.4 Å². The van der Waals surface area contributed by atoms with E-state index in [2.05, 4.69) is 51.3 Å². The monoisotopic (exact) mass is 503 g/mol. The summed E-state index contributed by atoms with van der Waals surface area (Å²) in [5.41, 5.74) is 3.54. The number of likely N-dealkylation sites (N-methyl/N-ethyl adjacent to an activating group) is 1. The van der Waals surface area contributed by atoms with Crippen molar-refractivity contribution >= 4 is 11.5 Å². The minimum Gasteiger partial charge on any atom is -0.490 e. The first-order chi connectivity index (χ1) is 18.2. The third-order valence-electron chi connectivity index (χ3n) is 8.38. The van der Waals surface area contributed by atoms with Crippen LogP contribution in [0.4, 0.5) is 11.5 Å². The molecule has 3 aliphatic heterocycles. The fourth-order valence-corrected chi connectivity index (χ4v) is 6.34. The molecule has 2 fully saturated rings. The molecule has 1 aliphatic carbocycles. The number of anilines is 2. The van der Waals surface area contributed by atoms with Gasteiger partial charge in [0.25, 0.3) is 0 Å². The number of ether oxygens (including phenoxy) is 2. The molecule has 1 aromatic heterocycles. The smallest absolute Gasteiger partial charge is 0.318 e. The number of benzene rings is 1. The van der Waals surface area contributed by atoms with Gasteiger partial charge in [-0.2, -0.15) is 15.2 Å². The highest BCUT2D eigenvalue weighted by molar-refractivity contribution is 5.61. The molecule has 9 nitrogen and oxygen atoms in total. The number of hydrogen-bond donors (Lipinski definition) is 1. The minimum absolute atomic E-state index is 0.155. The van der Waals surface area contributed by atoms with Crippen LogP contribution in [-0.2, 0) is 12.8 Å². The first kappa shape index (κ1) is 24.3. The maximum Gasteiger partial charge on any atom is 0.318 e. The number of nitrogens with one attached hydrogen (secondary N) is 1. The van der Waals surface area contributed by atoms with E-state index < -0.39 is 0 Å². The summed E-state index contributed by atoms with van der Waals surface area (Å²) in [4.78, 5) is 17.2. The predicted molar refractivity (Wildman–Crippen MR) is 143 cm³/mol. The number of piperazine rings is 1. The minimum atomic E-state index is 0.155. The summed E-state index contributed by atoms with van der Waals surface area (Å²) in [5, 5.41) is 12.7. The normalized spacial score (nSPS) is 25.7. The van der Waals surface area contributed by atoms with Gasteiger partial charge in [-0.1, -0.05) is 12.1 Å². The molecule has 2 aromatic rings. The van der Waals surface area contributed by atoms with Crippen LogP contribution in [0.5, 0.6) is 11.8 Å². The van der Waals surface area contributed by atoms with Crippen LogP contribution < -0.4 is 24.6 Å². The van der Waals surface area contributed by atoms with Crippen LogP contribution in [0.15, 0.2) is 24.3 Å². The van der Waals surface area contributed by atoms with Gasteiger partial charge in [-0.05, 0) is 51.4 Å². The molecule has 0 spiro atoms. The topological polar surface area (TPSA) is 89.8 Å². The molecule has 4 heterocycles. The van der Waals surface area contributed by atoms with Crippen molar-refractivity contribution in [2.24, 2.45) is 0 Å². The van der Waals surface area contributed by atoms with Crippen LogP contribution >= 0.6 is 0 Å². The lowest BCUT2D eigenvalue weighted by molar-refractivity contribution is 0.187. The second kappa shape index (κ2) is 10.7. The third-order valence-corrected chi connectivity index (χ3v) is 8.38. The Hall–Kier alpha value is -3.09. The summed E-state index contributed by atoms with van der Waals surface area (Å²) in [6.45, 7) is 5.83. The zero-order valence-corrected chi connectivity index (χ0v) is 21.7. The van der Waals surface area contributed by atoms with Crippen molar-refractivity contribution < 1.29 is 9.47 Å². The molecule has 4 aliphatic rings. The Labute approximate surface area is 219 Å². The van der Waals surface area contributed by atoms with Gasteiger partial charge in [-0.15, -0.1) is 0 Å². The van der Waals surface area contributed by atoms with E-state index in [4.69, 9.17) is 19.4 Å². The van der Waals surface area contributed by atoms with E-state index in [0.717, 1.165) is 75.7 Å². The number of para-hydroxylation sites is 2. The Balaban J connectivity index is 1.28. The molecule has 6 rings (SSSR count). The molecule has 3 atom stereocenters. The number of nitrogens with zero attached hydrogens (tertiary/aromatic N) is 6. The molecule has 1 aromatic carbocycles. The number of aromatic nitrogens is 2. The Bertz CT molecular complexity index is 1150. The van der Waals surface area contributed by atoms with E-state index >= 15 is 0 Å². The molecule has 9 heteroatoms. The van der Waals surface area contributed by atoms with E-state index in [-0.39, 0.29) is 6.04 Å². The van der Waals surface area contributed by atoms with Crippen LogP contribution in [0.25, 0.3) is 0 Å². The quantitative estimate of drug-likeness (QED) is 0.638. The lowest BCUT2D eigenvalue weighted by atomic mass is 9.90. The molecular formula is C28H37N7O2. The van der Waals surface area contributed by atoms with Gasteiger partial charge in [0.15, 0.2) is 0 Å². The van der Waals surface area contributed by atoms with E-state index in [1.807, 2.05) is 6.07 Å². The van der Waals surface area contributed by atoms with Gasteiger partial charge < -0.3 is 29.5 Å². The molecule has 0 radical (unpaired) electrons. The van der Waals surface area contributed by atoms with Gasteiger partial charge in [0.2, 0.25) is 0 Å². The van der Waals surface area contributed by atoms with Crippen LogP contribution in [0.2, 0.25) is 0 Å². The largest absolute Gasteiger partial charge is 0.490 e. The second-order valence-electron chi connectivity index (χ2n) is 10.7. The molecule has 37 heavy (non-hydrogen) atoms. The number of rotatable bonds is 6. The van der Waals surface area contributed by atoms with Crippen molar-refractivity contribution in [2.45, 2.75) is 56.7 Å². The predicted octanol–water partition coefficient (Wildman–Crippen LogP) is 2.40. The highest BCUT2D eigenvalue weighted by Crippen LogP contribution is 2.38. The third kappa shape index (κ3) is 5.05.